The Kier molecular flexibility index (Phi) is 9.88. The number of benzene rings is 8. The van der Waals surface area contributed by atoms with E-state index in [2.05, 4.69) is 48.5 Å². The van der Waals surface area contributed by atoms with E-state index in [9.17, 15) is 30.6 Å². The number of allylic oxidation sites excluding steroid dienone is 2. The lowest BCUT2D eigenvalue weighted by Gasteiger charge is -2.26. The molecule has 292 valence electrons. The van der Waals surface area contributed by atoms with Gasteiger partial charge in [-0.1, -0.05) is 170 Å². The monoisotopic (exact) mass is 784 g/mol. The normalized spacial score (nSPS) is 12.6. The molecule has 8 aromatic rings. The van der Waals surface area contributed by atoms with E-state index in [1.807, 2.05) is 121 Å². The van der Waals surface area contributed by atoms with E-state index in [0.717, 1.165) is 44.5 Å². The molecule has 1 aliphatic carbocycles. The molecule has 8 aromatic carbocycles. The van der Waals surface area contributed by atoms with Crippen molar-refractivity contribution in [1.82, 2.24) is 0 Å². The van der Waals surface area contributed by atoms with Crippen LogP contribution in [0.2, 0.25) is 0 Å². The molecule has 0 saturated carbocycles. The summed E-state index contributed by atoms with van der Waals surface area (Å²) in [4.78, 5) is 0. The van der Waals surface area contributed by atoms with E-state index in [0.29, 0.717) is 11.1 Å². The molecule has 60 heavy (non-hydrogen) atoms. The van der Waals surface area contributed by atoms with Crippen molar-refractivity contribution in [3.8, 4) is 45.3 Å². The Morgan fingerprint density at radius 3 is 0.733 bits per heavy atom. The summed E-state index contributed by atoms with van der Waals surface area (Å²) in [6.07, 6.45) is 0. The molecule has 6 nitrogen and oxygen atoms in total. The Morgan fingerprint density at radius 2 is 0.483 bits per heavy atom. The third-order valence-corrected chi connectivity index (χ3v) is 11.3. The number of phenolic OH excluding ortho intramolecular Hbond substituents is 4. The molecule has 0 aromatic heterocycles. The van der Waals surface area contributed by atoms with Crippen LogP contribution in [0.3, 0.4) is 0 Å². The predicted molar refractivity (Wildman–Crippen MR) is 237 cm³/mol. The van der Waals surface area contributed by atoms with Crippen LogP contribution in [0.15, 0.2) is 206 Å². The molecule has 0 unspecified atom stereocenters. The molecule has 0 radical (unpaired) electrons. The number of hydrogen-bond acceptors (Lipinski definition) is 6. The van der Waals surface area contributed by atoms with Crippen molar-refractivity contribution < 1.29 is 30.6 Å². The van der Waals surface area contributed by atoms with Crippen LogP contribution in [0.25, 0.3) is 33.4 Å². The summed E-state index contributed by atoms with van der Waals surface area (Å²) in [5, 5.41) is 67.4. The van der Waals surface area contributed by atoms with E-state index < -0.39 is 11.5 Å². The highest BCUT2D eigenvalue weighted by Gasteiger charge is 2.37. The van der Waals surface area contributed by atoms with Gasteiger partial charge in [0.1, 0.15) is 34.5 Å². The second-order valence-electron chi connectivity index (χ2n) is 15.0. The number of aromatic hydroxyl groups is 4. The van der Waals surface area contributed by atoms with E-state index in [1.165, 1.54) is 24.3 Å². The second kappa shape index (κ2) is 15.8. The zero-order chi connectivity index (χ0) is 41.3. The van der Waals surface area contributed by atoms with Crippen molar-refractivity contribution in [3.63, 3.8) is 0 Å². The van der Waals surface area contributed by atoms with Crippen molar-refractivity contribution >= 4 is 11.1 Å². The number of aliphatic hydroxyl groups is 2. The van der Waals surface area contributed by atoms with Crippen molar-refractivity contribution in [3.05, 3.63) is 250 Å². The van der Waals surface area contributed by atoms with Crippen LogP contribution in [0, 0.1) is 0 Å². The number of phenols is 4. The highest BCUT2D eigenvalue weighted by Crippen LogP contribution is 2.54. The fourth-order valence-electron chi connectivity index (χ4n) is 8.43. The van der Waals surface area contributed by atoms with Crippen LogP contribution in [-0.2, 0) is 0 Å². The average Bonchev–Trinajstić information content (AvgIpc) is 3.28. The van der Waals surface area contributed by atoms with Crippen molar-refractivity contribution in [2.75, 3.05) is 0 Å². The van der Waals surface area contributed by atoms with Gasteiger partial charge < -0.3 is 30.6 Å². The molecule has 6 N–H and O–H groups in total. The van der Waals surface area contributed by atoms with E-state index in [1.54, 1.807) is 0 Å². The molecular formula is C54H40O6. The maximum absolute atomic E-state index is 11.3. The first-order chi connectivity index (χ1) is 29.3. The summed E-state index contributed by atoms with van der Waals surface area (Å²) in [6.45, 7) is 0. The fourth-order valence-corrected chi connectivity index (χ4v) is 8.43. The SMILES string of the molecule is OC1=C(c2c(O)cc(-c3ccc(C(c4ccccc4)c4ccccc4)cc3)cc2O)C(O)=C1c1c(O)cc(-c2ccc(C(c3ccccc3)c3ccccc3)cc2)cc1O. The predicted octanol–water partition coefficient (Wildman–Crippen LogP) is 12.5. The molecule has 0 aliphatic heterocycles. The summed E-state index contributed by atoms with van der Waals surface area (Å²) in [5.41, 5.74) is 8.48. The van der Waals surface area contributed by atoms with Gasteiger partial charge in [0.05, 0.1) is 22.3 Å². The third-order valence-electron chi connectivity index (χ3n) is 11.3. The minimum Gasteiger partial charge on any atom is -0.507 e. The summed E-state index contributed by atoms with van der Waals surface area (Å²) in [7, 11) is 0. The van der Waals surface area contributed by atoms with Crippen LogP contribution in [-0.4, -0.2) is 30.6 Å². The highest BCUT2D eigenvalue weighted by molar-refractivity contribution is 6.10. The number of aliphatic hydroxyl groups excluding tert-OH is 2. The largest absolute Gasteiger partial charge is 0.507 e. The lowest BCUT2D eigenvalue weighted by Crippen LogP contribution is -2.11. The van der Waals surface area contributed by atoms with Gasteiger partial charge in [-0.15, -0.1) is 0 Å². The molecule has 0 spiro atoms. The van der Waals surface area contributed by atoms with Crippen molar-refractivity contribution in [1.29, 1.82) is 0 Å². The van der Waals surface area contributed by atoms with Gasteiger partial charge in [0.2, 0.25) is 0 Å². The Morgan fingerprint density at radius 1 is 0.250 bits per heavy atom. The highest BCUT2D eigenvalue weighted by atomic mass is 16.3. The summed E-state index contributed by atoms with van der Waals surface area (Å²) in [6, 6.07) is 62.6. The Labute approximate surface area is 347 Å². The van der Waals surface area contributed by atoms with Gasteiger partial charge >= 0.3 is 0 Å². The molecule has 0 fully saturated rings. The van der Waals surface area contributed by atoms with E-state index in [4.69, 9.17) is 0 Å². The third kappa shape index (κ3) is 6.90. The lowest BCUT2D eigenvalue weighted by atomic mass is 9.82. The van der Waals surface area contributed by atoms with Crippen LogP contribution in [0.5, 0.6) is 23.0 Å². The molecule has 9 rings (SSSR count). The van der Waals surface area contributed by atoms with Crippen LogP contribution < -0.4 is 0 Å². The fraction of sp³-hybridized carbons (Fsp3) is 0.0370. The summed E-state index contributed by atoms with van der Waals surface area (Å²) < 4.78 is 0. The smallest absolute Gasteiger partial charge is 0.139 e. The average molecular weight is 785 g/mol. The second-order valence-corrected chi connectivity index (χ2v) is 15.0. The lowest BCUT2D eigenvalue weighted by molar-refractivity contribution is 0.382. The van der Waals surface area contributed by atoms with Gasteiger partial charge in [0.15, 0.2) is 0 Å². The molecule has 0 saturated heterocycles. The van der Waals surface area contributed by atoms with E-state index >= 15 is 0 Å². The van der Waals surface area contributed by atoms with Crippen LogP contribution in [0.4, 0.5) is 0 Å². The summed E-state index contributed by atoms with van der Waals surface area (Å²) in [5.74, 6) is -2.49. The Hall–Kier alpha value is -7.96. The van der Waals surface area contributed by atoms with Crippen molar-refractivity contribution in [2.24, 2.45) is 0 Å². The van der Waals surface area contributed by atoms with Gasteiger partial charge in [0, 0.05) is 11.8 Å². The molecule has 0 heterocycles. The molecular weight excluding hydrogens is 745 g/mol. The minimum absolute atomic E-state index is 0.00296. The number of hydrogen-bond donors (Lipinski definition) is 6. The van der Waals surface area contributed by atoms with Crippen molar-refractivity contribution in [2.45, 2.75) is 11.8 Å². The van der Waals surface area contributed by atoms with Gasteiger partial charge in [-0.2, -0.15) is 0 Å². The van der Waals surface area contributed by atoms with Gasteiger partial charge in [-0.05, 0) is 79.9 Å². The first-order valence-electron chi connectivity index (χ1n) is 19.7. The first kappa shape index (κ1) is 37.6. The minimum atomic E-state index is -0.501. The first-order valence-corrected chi connectivity index (χ1v) is 19.7. The molecule has 0 bridgehead atoms. The maximum Gasteiger partial charge on any atom is 0.139 e. The number of rotatable bonds is 10. The molecule has 0 amide bonds. The van der Waals surface area contributed by atoms with Crippen LogP contribution in [0.1, 0.15) is 56.3 Å². The standard InChI is InChI=1S/C54H40O6/c55-43-29-41(33-21-25-39(26-22-33)47(35-13-5-1-6-14-35)36-15-7-2-8-16-36)30-44(56)49(43)51-53(59)52(54(51)60)50-45(57)31-42(32-46(50)58)34-23-27-40(28-24-34)48(37-17-9-3-10-18-37)38-19-11-4-12-20-38/h1-32,47-48,55-60H. The van der Waals surface area contributed by atoms with Gasteiger partial charge in [-0.3, -0.25) is 0 Å². The molecule has 6 heteroatoms. The van der Waals surface area contributed by atoms with Gasteiger partial charge in [-0.25, -0.2) is 0 Å². The maximum atomic E-state index is 11.3. The van der Waals surface area contributed by atoms with Crippen LogP contribution >= 0.6 is 0 Å². The van der Waals surface area contributed by atoms with E-state index in [-0.39, 0.29) is 57.1 Å². The zero-order valence-electron chi connectivity index (χ0n) is 32.3. The topological polar surface area (TPSA) is 121 Å². The molecule has 1 aliphatic rings. The zero-order valence-corrected chi connectivity index (χ0v) is 32.3. The Bertz CT molecular complexity index is 2550. The quantitative estimate of drug-likeness (QED) is 0.0768. The summed E-state index contributed by atoms with van der Waals surface area (Å²) >= 11 is 0. The Balaban J connectivity index is 0.969. The molecule has 0 atom stereocenters. The van der Waals surface area contributed by atoms with Gasteiger partial charge in [0.25, 0.3) is 0 Å².